The second-order valence-electron chi connectivity index (χ2n) is 4.88. The SMILES string of the molecule is CNC1CCN(c2n[nH]c(-c3cc(OC)cs3)n2)CC1. The Morgan fingerprint density at radius 3 is 2.90 bits per heavy atom. The van der Waals surface area contributed by atoms with Gasteiger partial charge in [0.25, 0.3) is 0 Å². The molecule has 6 nitrogen and oxygen atoms in total. The van der Waals surface area contributed by atoms with Crippen LogP contribution in [0, 0.1) is 0 Å². The zero-order valence-corrected chi connectivity index (χ0v) is 12.5. The van der Waals surface area contributed by atoms with Gasteiger partial charge in [0.05, 0.1) is 12.0 Å². The number of thiophene rings is 1. The summed E-state index contributed by atoms with van der Waals surface area (Å²) in [7, 11) is 3.69. The molecule has 0 unspecified atom stereocenters. The Bertz CT molecular complexity index is 559. The first-order valence-electron chi connectivity index (χ1n) is 6.77. The van der Waals surface area contributed by atoms with Crippen LogP contribution in [0.3, 0.4) is 0 Å². The average Bonchev–Trinajstić information content (AvgIpc) is 3.16. The van der Waals surface area contributed by atoms with Gasteiger partial charge in [-0.15, -0.1) is 16.4 Å². The number of nitrogens with zero attached hydrogens (tertiary/aromatic N) is 3. The van der Waals surface area contributed by atoms with E-state index < -0.39 is 0 Å². The van der Waals surface area contributed by atoms with Crippen molar-refractivity contribution < 1.29 is 4.74 Å². The molecule has 7 heteroatoms. The fraction of sp³-hybridized carbons (Fsp3) is 0.538. The highest BCUT2D eigenvalue weighted by Gasteiger charge is 2.21. The van der Waals surface area contributed by atoms with Gasteiger partial charge in [0, 0.05) is 30.6 Å². The van der Waals surface area contributed by atoms with E-state index in [0.717, 1.165) is 48.3 Å². The van der Waals surface area contributed by atoms with E-state index in [4.69, 9.17) is 4.74 Å². The normalized spacial score (nSPS) is 16.6. The van der Waals surface area contributed by atoms with E-state index in [0.29, 0.717) is 6.04 Å². The number of H-pyrrole nitrogens is 1. The summed E-state index contributed by atoms with van der Waals surface area (Å²) in [5.41, 5.74) is 0. The first-order valence-corrected chi connectivity index (χ1v) is 7.65. The van der Waals surface area contributed by atoms with Gasteiger partial charge in [0.15, 0.2) is 5.82 Å². The minimum absolute atomic E-state index is 0.617. The molecule has 2 aromatic heterocycles. The highest BCUT2D eigenvalue weighted by atomic mass is 32.1. The van der Waals surface area contributed by atoms with E-state index >= 15 is 0 Å². The van der Waals surface area contributed by atoms with Crippen LogP contribution in [0.4, 0.5) is 5.95 Å². The predicted octanol–water partition coefficient (Wildman–Crippen LogP) is 1.73. The average molecular weight is 293 g/mol. The van der Waals surface area contributed by atoms with Crippen molar-refractivity contribution in [2.24, 2.45) is 0 Å². The molecule has 1 fully saturated rings. The van der Waals surface area contributed by atoms with Crippen molar-refractivity contribution in [1.29, 1.82) is 0 Å². The summed E-state index contributed by atoms with van der Waals surface area (Å²) in [5, 5.41) is 12.7. The van der Waals surface area contributed by atoms with E-state index in [1.807, 2.05) is 18.5 Å². The van der Waals surface area contributed by atoms with Crippen LogP contribution in [-0.2, 0) is 0 Å². The Morgan fingerprint density at radius 1 is 1.45 bits per heavy atom. The number of ether oxygens (including phenoxy) is 1. The Kier molecular flexibility index (Phi) is 3.88. The van der Waals surface area contributed by atoms with Crippen LogP contribution in [-0.4, -0.2) is 48.5 Å². The molecule has 0 aliphatic carbocycles. The van der Waals surface area contributed by atoms with Crippen LogP contribution in [0.25, 0.3) is 10.7 Å². The minimum Gasteiger partial charge on any atom is -0.496 e. The van der Waals surface area contributed by atoms with Crippen LogP contribution in [0.2, 0.25) is 0 Å². The summed E-state index contributed by atoms with van der Waals surface area (Å²) < 4.78 is 5.19. The van der Waals surface area contributed by atoms with Crippen molar-refractivity contribution in [3.8, 4) is 16.5 Å². The molecule has 1 saturated heterocycles. The van der Waals surface area contributed by atoms with E-state index in [2.05, 4.69) is 25.4 Å². The lowest BCUT2D eigenvalue weighted by Gasteiger charge is -2.30. The summed E-state index contributed by atoms with van der Waals surface area (Å²) in [4.78, 5) is 7.88. The molecule has 3 heterocycles. The highest BCUT2D eigenvalue weighted by Crippen LogP contribution is 2.29. The molecule has 0 saturated carbocycles. The third-order valence-corrected chi connectivity index (χ3v) is 4.62. The van der Waals surface area contributed by atoms with Crippen LogP contribution in [0.1, 0.15) is 12.8 Å². The summed E-state index contributed by atoms with van der Waals surface area (Å²) in [6.45, 7) is 1.99. The zero-order chi connectivity index (χ0) is 13.9. The predicted molar refractivity (Wildman–Crippen MR) is 80.5 cm³/mol. The number of methoxy groups -OCH3 is 1. The molecule has 2 aromatic rings. The second kappa shape index (κ2) is 5.80. The van der Waals surface area contributed by atoms with Gasteiger partial charge in [-0.25, -0.2) is 0 Å². The summed E-state index contributed by atoms with van der Waals surface area (Å²) >= 11 is 1.60. The monoisotopic (exact) mass is 293 g/mol. The maximum absolute atomic E-state index is 5.19. The fourth-order valence-corrected chi connectivity index (χ4v) is 3.22. The first-order chi connectivity index (χ1) is 9.80. The number of hydrogen-bond donors (Lipinski definition) is 2. The summed E-state index contributed by atoms with van der Waals surface area (Å²) in [6, 6.07) is 2.59. The topological polar surface area (TPSA) is 66.1 Å². The van der Waals surface area contributed by atoms with Gasteiger partial charge in [0.2, 0.25) is 5.95 Å². The highest BCUT2D eigenvalue weighted by molar-refractivity contribution is 7.13. The molecule has 1 aliphatic heterocycles. The lowest BCUT2D eigenvalue weighted by atomic mass is 10.1. The van der Waals surface area contributed by atoms with Crippen molar-refractivity contribution >= 4 is 17.3 Å². The van der Waals surface area contributed by atoms with E-state index in [-0.39, 0.29) is 0 Å². The fourth-order valence-electron chi connectivity index (χ4n) is 2.42. The number of aromatic nitrogens is 3. The molecule has 0 atom stereocenters. The zero-order valence-electron chi connectivity index (χ0n) is 11.7. The lowest BCUT2D eigenvalue weighted by Crippen LogP contribution is -2.41. The molecule has 0 bridgehead atoms. The molecule has 0 amide bonds. The largest absolute Gasteiger partial charge is 0.496 e. The molecule has 3 rings (SSSR count). The van der Waals surface area contributed by atoms with Crippen LogP contribution in [0.15, 0.2) is 11.4 Å². The second-order valence-corrected chi connectivity index (χ2v) is 5.80. The number of piperidine rings is 1. The van der Waals surface area contributed by atoms with Gasteiger partial charge in [-0.05, 0) is 19.9 Å². The van der Waals surface area contributed by atoms with Gasteiger partial charge in [0.1, 0.15) is 5.75 Å². The first kappa shape index (κ1) is 13.4. The number of hydrogen-bond acceptors (Lipinski definition) is 6. The summed E-state index contributed by atoms with van der Waals surface area (Å²) in [6.07, 6.45) is 2.26. The van der Waals surface area contributed by atoms with Gasteiger partial charge in [-0.1, -0.05) is 0 Å². The van der Waals surface area contributed by atoms with Gasteiger partial charge < -0.3 is 15.0 Å². The maximum atomic E-state index is 5.19. The Balaban J connectivity index is 1.70. The molecular weight excluding hydrogens is 274 g/mol. The molecule has 1 aliphatic rings. The Labute approximate surface area is 122 Å². The molecule has 0 radical (unpaired) electrons. The minimum atomic E-state index is 0.617. The van der Waals surface area contributed by atoms with Gasteiger partial charge >= 0.3 is 0 Å². The van der Waals surface area contributed by atoms with Crippen molar-refractivity contribution in [1.82, 2.24) is 20.5 Å². The third-order valence-electron chi connectivity index (χ3n) is 3.70. The molecule has 108 valence electrons. The van der Waals surface area contributed by atoms with Gasteiger partial charge in [-0.2, -0.15) is 4.98 Å². The summed E-state index contributed by atoms with van der Waals surface area (Å²) in [5.74, 6) is 2.46. The van der Waals surface area contributed by atoms with E-state index in [9.17, 15) is 0 Å². The van der Waals surface area contributed by atoms with Crippen molar-refractivity contribution in [2.75, 3.05) is 32.1 Å². The molecular formula is C13H19N5OS. The Hall–Kier alpha value is -1.60. The standard InChI is InChI=1S/C13H19N5OS/c1-14-9-3-5-18(6-4-9)13-15-12(16-17-13)11-7-10(19-2)8-20-11/h7-9,14H,3-6H2,1-2H3,(H,15,16,17). The van der Waals surface area contributed by atoms with Crippen molar-refractivity contribution in [3.63, 3.8) is 0 Å². The van der Waals surface area contributed by atoms with E-state index in [1.165, 1.54) is 0 Å². The van der Waals surface area contributed by atoms with E-state index in [1.54, 1.807) is 18.4 Å². The third kappa shape index (κ3) is 2.64. The molecule has 0 spiro atoms. The lowest BCUT2D eigenvalue weighted by molar-refractivity contribution is 0.417. The number of rotatable bonds is 4. The maximum Gasteiger partial charge on any atom is 0.245 e. The molecule has 20 heavy (non-hydrogen) atoms. The molecule has 0 aromatic carbocycles. The van der Waals surface area contributed by atoms with Crippen molar-refractivity contribution in [2.45, 2.75) is 18.9 Å². The Morgan fingerprint density at radius 2 is 2.25 bits per heavy atom. The van der Waals surface area contributed by atoms with Crippen molar-refractivity contribution in [3.05, 3.63) is 11.4 Å². The smallest absolute Gasteiger partial charge is 0.245 e. The number of aromatic amines is 1. The van der Waals surface area contributed by atoms with Gasteiger partial charge in [-0.3, -0.25) is 5.10 Å². The van der Waals surface area contributed by atoms with Crippen LogP contribution >= 0.6 is 11.3 Å². The number of anilines is 1. The number of nitrogens with one attached hydrogen (secondary N) is 2. The van der Waals surface area contributed by atoms with Crippen LogP contribution < -0.4 is 15.0 Å². The quantitative estimate of drug-likeness (QED) is 0.898. The van der Waals surface area contributed by atoms with Crippen LogP contribution in [0.5, 0.6) is 5.75 Å². The molecule has 2 N–H and O–H groups in total.